The third-order valence-electron chi connectivity index (χ3n) is 4.03. The summed E-state index contributed by atoms with van der Waals surface area (Å²) in [6.45, 7) is 8.35. The van der Waals surface area contributed by atoms with Gasteiger partial charge in [-0.1, -0.05) is 19.1 Å². The molecule has 0 aliphatic carbocycles. The second kappa shape index (κ2) is 5.80. The van der Waals surface area contributed by atoms with Crippen molar-refractivity contribution < 1.29 is 5.11 Å². The Balaban J connectivity index is 2.25. The van der Waals surface area contributed by atoms with Gasteiger partial charge >= 0.3 is 0 Å². The second-order valence-corrected chi connectivity index (χ2v) is 5.62. The minimum atomic E-state index is -0.477. The van der Waals surface area contributed by atoms with E-state index in [1.165, 1.54) is 11.1 Å². The number of nitrogens with zero attached hydrogens (tertiary/aromatic N) is 2. The van der Waals surface area contributed by atoms with Crippen LogP contribution in [-0.4, -0.2) is 14.9 Å². The fourth-order valence-corrected chi connectivity index (χ4v) is 2.59. The van der Waals surface area contributed by atoms with Crippen LogP contribution in [-0.2, 0) is 19.9 Å². The Morgan fingerprint density at radius 2 is 1.75 bits per heavy atom. The Hall–Kier alpha value is -1.61. The topological polar surface area (TPSA) is 38.0 Å². The van der Waals surface area contributed by atoms with Gasteiger partial charge in [0.05, 0.1) is 11.8 Å². The molecule has 1 atom stereocenters. The molecular formula is C17H24N2O. The van der Waals surface area contributed by atoms with Crippen molar-refractivity contribution in [2.45, 2.75) is 46.6 Å². The molecule has 3 nitrogen and oxygen atoms in total. The molecule has 1 aromatic heterocycles. The van der Waals surface area contributed by atoms with Crippen molar-refractivity contribution >= 4 is 0 Å². The quantitative estimate of drug-likeness (QED) is 0.928. The molecule has 0 saturated carbocycles. The molecule has 20 heavy (non-hydrogen) atoms. The predicted octanol–water partition coefficient (Wildman–Crippen LogP) is 3.18. The lowest BCUT2D eigenvalue weighted by Crippen LogP contribution is -2.08. The van der Waals surface area contributed by atoms with Crippen LogP contribution < -0.4 is 0 Å². The van der Waals surface area contributed by atoms with Crippen molar-refractivity contribution in [3.8, 4) is 0 Å². The summed E-state index contributed by atoms with van der Waals surface area (Å²) < 4.78 is 1.87. The van der Waals surface area contributed by atoms with Crippen LogP contribution in [0.25, 0.3) is 0 Å². The predicted molar refractivity (Wildman–Crippen MR) is 81.9 cm³/mol. The van der Waals surface area contributed by atoms with Crippen molar-refractivity contribution in [2.24, 2.45) is 7.05 Å². The molecule has 1 unspecified atom stereocenters. The van der Waals surface area contributed by atoms with E-state index in [2.05, 4.69) is 51.0 Å². The summed E-state index contributed by atoms with van der Waals surface area (Å²) in [5, 5.41) is 15.0. The summed E-state index contributed by atoms with van der Waals surface area (Å²) in [6.07, 6.45) is 1.05. The maximum atomic E-state index is 10.5. The summed E-state index contributed by atoms with van der Waals surface area (Å²) in [5.41, 5.74) is 6.82. The molecule has 2 rings (SSSR count). The first kappa shape index (κ1) is 14.8. The van der Waals surface area contributed by atoms with Gasteiger partial charge in [-0.15, -0.1) is 0 Å². The van der Waals surface area contributed by atoms with Crippen molar-refractivity contribution in [3.63, 3.8) is 0 Å². The van der Waals surface area contributed by atoms with Crippen LogP contribution in [0.2, 0.25) is 0 Å². The average molecular weight is 272 g/mol. The maximum absolute atomic E-state index is 10.5. The number of rotatable bonds is 4. The molecule has 0 aliphatic heterocycles. The van der Waals surface area contributed by atoms with E-state index in [-0.39, 0.29) is 0 Å². The van der Waals surface area contributed by atoms with Gasteiger partial charge in [-0.05, 0) is 55.5 Å². The normalized spacial score (nSPS) is 12.7. The minimum Gasteiger partial charge on any atom is -0.388 e. The van der Waals surface area contributed by atoms with Crippen molar-refractivity contribution in [1.82, 2.24) is 9.78 Å². The van der Waals surface area contributed by atoms with E-state index in [1.807, 2.05) is 11.7 Å². The van der Waals surface area contributed by atoms with E-state index in [4.69, 9.17) is 0 Å². The molecule has 1 aromatic carbocycles. The van der Waals surface area contributed by atoms with Gasteiger partial charge in [-0.25, -0.2) is 0 Å². The van der Waals surface area contributed by atoms with E-state index >= 15 is 0 Å². The number of aliphatic hydroxyl groups excluding tert-OH is 1. The van der Waals surface area contributed by atoms with Gasteiger partial charge in [0.2, 0.25) is 0 Å². The van der Waals surface area contributed by atoms with Gasteiger partial charge in [-0.2, -0.15) is 5.10 Å². The van der Waals surface area contributed by atoms with Crippen LogP contribution >= 0.6 is 0 Å². The molecule has 0 spiro atoms. The lowest BCUT2D eigenvalue weighted by atomic mass is 9.95. The average Bonchev–Trinajstić information content (AvgIpc) is 2.74. The minimum absolute atomic E-state index is 0.477. The summed E-state index contributed by atoms with van der Waals surface area (Å²) in [7, 11) is 1.94. The van der Waals surface area contributed by atoms with Crippen molar-refractivity contribution in [2.75, 3.05) is 0 Å². The summed E-state index contributed by atoms with van der Waals surface area (Å²) in [4.78, 5) is 0. The Morgan fingerprint density at radius 1 is 1.10 bits per heavy atom. The number of aryl methyl sites for hydroxylation is 5. The zero-order valence-corrected chi connectivity index (χ0v) is 13.1. The molecule has 108 valence electrons. The van der Waals surface area contributed by atoms with Crippen LogP contribution in [0, 0.1) is 20.8 Å². The highest BCUT2D eigenvalue weighted by atomic mass is 16.3. The van der Waals surface area contributed by atoms with Crippen LogP contribution in [0.4, 0.5) is 0 Å². The highest BCUT2D eigenvalue weighted by Gasteiger charge is 2.15. The van der Waals surface area contributed by atoms with Crippen LogP contribution in [0.1, 0.15) is 46.7 Å². The van der Waals surface area contributed by atoms with Crippen molar-refractivity contribution in [1.29, 1.82) is 0 Å². The summed E-state index contributed by atoms with van der Waals surface area (Å²) >= 11 is 0. The SMILES string of the molecule is CCc1cc(CC(O)c2cc(C)c(C)cc2C)n(C)n1. The molecule has 0 fully saturated rings. The van der Waals surface area contributed by atoms with Gasteiger partial charge in [-0.3, -0.25) is 4.68 Å². The van der Waals surface area contributed by atoms with Gasteiger partial charge < -0.3 is 5.11 Å². The molecule has 3 heteroatoms. The smallest absolute Gasteiger partial charge is 0.0847 e. The number of aromatic nitrogens is 2. The Bertz CT molecular complexity index is 614. The van der Waals surface area contributed by atoms with Crippen LogP contribution in [0.5, 0.6) is 0 Å². The third-order valence-corrected chi connectivity index (χ3v) is 4.03. The van der Waals surface area contributed by atoms with Gasteiger partial charge in [0.1, 0.15) is 0 Å². The van der Waals surface area contributed by atoms with Gasteiger partial charge in [0.25, 0.3) is 0 Å². The fraction of sp³-hybridized carbons (Fsp3) is 0.471. The molecule has 2 aromatic rings. The molecule has 1 N–H and O–H groups in total. The van der Waals surface area contributed by atoms with Crippen LogP contribution in [0.15, 0.2) is 18.2 Å². The summed E-state index contributed by atoms with van der Waals surface area (Å²) in [5.74, 6) is 0. The number of hydrogen-bond acceptors (Lipinski definition) is 2. The van der Waals surface area contributed by atoms with E-state index in [1.54, 1.807) is 0 Å². The van der Waals surface area contributed by atoms with E-state index in [9.17, 15) is 5.11 Å². The lowest BCUT2D eigenvalue weighted by molar-refractivity contribution is 0.175. The zero-order chi connectivity index (χ0) is 14.9. The molecule has 0 bridgehead atoms. The van der Waals surface area contributed by atoms with E-state index in [0.717, 1.165) is 28.9 Å². The van der Waals surface area contributed by atoms with Crippen molar-refractivity contribution in [3.05, 3.63) is 51.8 Å². The number of hydrogen-bond donors (Lipinski definition) is 1. The molecular weight excluding hydrogens is 248 g/mol. The first-order valence-electron chi connectivity index (χ1n) is 7.20. The maximum Gasteiger partial charge on any atom is 0.0847 e. The molecule has 1 heterocycles. The first-order chi connectivity index (χ1) is 9.42. The third kappa shape index (κ3) is 2.93. The monoisotopic (exact) mass is 272 g/mol. The van der Waals surface area contributed by atoms with Gasteiger partial charge in [0.15, 0.2) is 0 Å². The number of benzene rings is 1. The number of aliphatic hydroxyl groups is 1. The molecule has 0 radical (unpaired) electrons. The highest BCUT2D eigenvalue weighted by Crippen LogP contribution is 2.24. The summed E-state index contributed by atoms with van der Waals surface area (Å²) in [6, 6.07) is 6.33. The molecule has 0 saturated heterocycles. The fourth-order valence-electron chi connectivity index (χ4n) is 2.59. The van der Waals surface area contributed by atoms with Crippen LogP contribution in [0.3, 0.4) is 0 Å². The Labute approximate surface area is 121 Å². The Kier molecular flexibility index (Phi) is 4.29. The highest BCUT2D eigenvalue weighted by molar-refractivity contribution is 5.38. The lowest BCUT2D eigenvalue weighted by Gasteiger charge is -2.16. The first-order valence-corrected chi connectivity index (χ1v) is 7.20. The molecule has 0 amide bonds. The Morgan fingerprint density at radius 3 is 2.35 bits per heavy atom. The second-order valence-electron chi connectivity index (χ2n) is 5.62. The largest absolute Gasteiger partial charge is 0.388 e. The van der Waals surface area contributed by atoms with E-state index in [0.29, 0.717) is 6.42 Å². The standard InChI is InChI=1S/C17H24N2O/c1-6-14-9-15(19(5)18-14)10-17(20)16-8-12(3)11(2)7-13(16)4/h7-9,17,20H,6,10H2,1-5H3. The zero-order valence-electron chi connectivity index (χ0n) is 13.1. The molecule has 0 aliphatic rings. The van der Waals surface area contributed by atoms with Gasteiger partial charge in [0, 0.05) is 19.2 Å². The van der Waals surface area contributed by atoms with E-state index < -0.39 is 6.10 Å².